The average molecular weight is 532 g/mol. The molecule has 0 unspecified atom stereocenters. The van der Waals surface area contributed by atoms with Crippen LogP contribution in [-0.4, -0.2) is 20.2 Å². The van der Waals surface area contributed by atoms with E-state index < -0.39 is 5.82 Å². The Kier molecular flexibility index (Phi) is 6.82. The third-order valence-electron chi connectivity index (χ3n) is 5.40. The summed E-state index contributed by atoms with van der Waals surface area (Å²) in [5.41, 5.74) is 2.62. The molecule has 0 spiro atoms. The van der Waals surface area contributed by atoms with Gasteiger partial charge in [-0.3, -0.25) is 0 Å². The van der Waals surface area contributed by atoms with Crippen LogP contribution in [0.25, 0.3) is 22.8 Å². The second-order valence-corrected chi connectivity index (χ2v) is 8.82. The van der Waals surface area contributed by atoms with Crippen molar-refractivity contribution < 1.29 is 13.5 Å². The summed E-state index contributed by atoms with van der Waals surface area (Å²) in [5, 5.41) is 17.6. The second kappa shape index (κ2) is 10.3. The minimum atomic E-state index is -0.697. The van der Waals surface area contributed by atoms with Gasteiger partial charge in [0.2, 0.25) is 5.89 Å². The predicted octanol–water partition coefficient (Wildman–Crippen LogP) is 7.20. The van der Waals surface area contributed by atoms with Gasteiger partial charge in [-0.05, 0) is 31.2 Å². The zero-order valence-electron chi connectivity index (χ0n) is 19.2. The largest absolute Gasteiger partial charge is 0.453 e. The van der Waals surface area contributed by atoms with Gasteiger partial charge < -0.3 is 9.15 Å². The predicted molar refractivity (Wildman–Crippen MR) is 136 cm³/mol. The Morgan fingerprint density at radius 2 is 1.86 bits per heavy atom. The van der Waals surface area contributed by atoms with Crippen molar-refractivity contribution in [1.29, 1.82) is 5.26 Å². The van der Waals surface area contributed by atoms with Crippen LogP contribution in [0.4, 0.5) is 4.39 Å². The van der Waals surface area contributed by atoms with E-state index >= 15 is 4.39 Å². The van der Waals surface area contributed by atoms with Crippen LogP contribution in [0.3, 0.4) is 0 Å². The van der Waals surface area contributed by atoms with E-state index in [2.05, 4.69) is 20.2 Å². The van der Waals surface area contributed by atoms with Gasteiger partial charge in [-0.25, -0.2) is 14.4 Å². The summed E-state index contributed by atoms with van der Waals surface area (Å²) in [7, 11) is 0. The highest BCUT2D eigenvalue weighted by atomic mass is 35.5. The maximum absolute atomic E-state index is 15.4. The van der Waals surface area contributed by atoms with Gasteiger partial charge in [0.1, 0.15) is 5.75 Å². The molecule has 0 fully saturated rings. The van der Waals surface area contributed by atoms with E-state index in [0.717, 1.165) is 5.56 Å². The van der Waals surface area contributed by atoms with Crippen LogP contribution in [0.5, 0.6) is 11.5 Å². The number of aryl methyl sites for hydroxylation is 1. The molecule has 2 aromatic heterocycles. The van der Waals surface area contributed by atoms with Crippen LogP contribution in [0, 0.1) is 24.1 Å². The van der Waals surface area contributed by atoms with Gasteiger partial charge in [0.05, 0.1) is 34.3 Å². The first-order valence-corrected chi connectivity index (χ1v) is 11.7. The molecule has 0 saturated heterocycles. The third kappa shape index (κ3) is 5.28. The van der Waals surface area contributed by atoms with Gasteiger partial charge in [0, 0.05) is 22.3 Å². The minimum absolute atomic E-state index is 0.00659. The van der Waals surface area contributed by atoms with Crippen LogP contribution < -0.4 is 4.74 Å². The third-order valence-corrected chi connectivity index (χ3v) is 5.92. The number of aromatic nitrogens is 4. The van der Waals surface area contributed by atoms with E-state index in [1.165, 1.54) is 30.3 Å². The molecule has 0 amide bonds. The molecule has 10 heteroatoms. The highest BCUT2D eigenvalue weighted by Gasteiger charge is 2.19. The zero-order valence-corrected chi connectivity index (χ0v) is 20.8. The lowest BCUT2D eigenvalue weighted by molar-refractivity contribution is 0.437. The Bertz CT molecular complexity index is 1650. The average Bonchev–Trinajstić information content (AvgIpc) is 3.36. The molecule has 182 valence electrons. The Morgan fingerprint density at radius 3 is 2.62 bits per heavy atom. The van der Waals surface area contributed by atoms with Gasteiger partial charge in [-0.2, -0.15) is 5.26 Å². The fourth-order valence-electron chi connectivity index (χ4n) is 3.61. The second-order valence-electron chi connectivity index (χ2n) is 7.98. The highest BCUT2D eigenvalue weighted by Crippen LogP contribution is 2.36. The fourth-order valence-corrected chi connectivity index (χ4v) is 4.02. The zero-order chi connectivity index (χ0) is 25.9. The summed E-state index contributed by atoms with van der Waals surface area (Å²) >= 11 is 12.2. The molecule has 0 aliphatic carbocycles. The quantitative estimate of drug-likeness (QED) is 0.228. The summed E-state index contributed by atoms with van der Waals surface area (Å²) in [4.78, 5) is 8.96. The van der Waals surface area contributed by atoms with E-state index in [-0.39, 0.29) is 50.9 Å². The number of rotatable bonds is 6. The summed E-state index contributed by atoms with van der Waals surface area (Å²) < 4.78 is 26.8. The molecule has 0 aliphatic heterocycles. The summed E-state index contributed by atoms with van der Waals surface area (Å²) in [6, 6.07) is 18.9. The molecule has 7 nitrogen and oxygen atoms in total. The molecular weight excluding hydrogens is 516 g/mol. The number of benzene rings is 3. The monoisotopic (exact) mass is 531 g/mol. The molecule has 0 saturated carbocycles. The number of ether oxygens (including phenoxy) is 1. The van der Waals surface area contributed by atoms with Crippen molar-refractivity contribution >= 4 is 23.2 Å². The van der Waals surface area contributed by atoms with Gasteiger partial charge >= 0.3 is 0 Å². The maximum atomic E-state index is 15.4. The Labute approximate surface area is 221 Å². The van der Waals surface area contributed by atoms with Gasteiger partial charge in [0.25, 0.3) is 5.89 Å². The highest BCUT2D eigenvalue weighted by molar-refractivity contribution is 6.32. The first kappa shape index (κ1) is 24.4. The normalized spacial score (nSPS) is 10.8. The molecule has 0 bridgehead atoms. The van der Waals surface area contributed by atoms with Crippen LogP contribution in [0.2, 0.25) is 10.0 Å². The van der Waals surface area contributed by atoms with Crippen LogP contribution >= 0.6 is 23.2 Å². The summed E-state index contributed by atoms with van der Waals surface area (Å²) in [6.07, 6.45) is 1.62. The van der Waals surface area contributed by atoms with Gasteiger partial charge in [-0.1, -0.05) is 59.6 Å². The molecule has 5 aromatic rings. The van der Waals surface area contributed by atoms with Gasteiger partial charge in [0.15, 0.2) is 17.4 Å². The molecule has 0 aliphatic rings. The van der Waals surface area contributed by atoms with Crippen LogP contribution in [0.1, 0.15) is 22.7 Å². The first-order chi connectivity index (χ1) is 17.9. The molecule has 37 heavy (non-hydrogen) atoms. The molecule has 0 radical (unpaired) electrons. The SMILES string of the molecule is Cc1nc(-c2ccccc2)ncc1-c1nnc(Cc2ccc(Cl)c(Oc3cc(Cl)cc(C#N)c3)c2F)o1. The van der Waals surface area contributed by atoms with Crippen LogP contribution in [-0.2, 0) is 6.42 Å². The molecule has 0 atom stereocenters. The summed E-state index contributed by atoms with van der Waals surface area (Å²) in [5.74, 6) is 0.267. The topological polar surface area (TPSA) is 97.7 Å². The lowest BCUT2D eigenvalue weighted by Crippen LogP contribution is -1.98. The number of hydrogen-bond donors (Lipinski definition) is 0. The molecule has 0 N–H and O–H groups in total. The molecule has 2 heterocycles. The number of nitriles is 1. The lowest BCUT2D eigenvalue weighted by atomic mass is 10.1. The van der Waals surface area contributed by atoms with Crippen molar-refractivity contribution in [3.63, 3.8) is 0 Å². The van der Waals surface area contributed by atoms with Crippen molar-refractivity contribution in [2.24, 2.45) is 0 Å². The standard InChI is InChI=1S/C27H16Cl2FN5O2/c1-15-21(14-32-26(33-15)17-5-3-2-4-6-17)27-35-34-23(37-27)11-18-7-8-22(29)25(24(18)30)36-20-10-16(13-31)9-19(28)12-20/h2-10,12,14H,11H2,1H3. The minimum Gasteiger partial charge on any atom is -0.453 e. The van der Waals surface area contributed by atoms with E-state index in [9.17, 15) is 0 Å². The fraction of sp³-hybridized carbons (Fsp3) is 0.0741. The Hall–Kier alpha value is -4.32. The van der Waals surface area contributed by atoms with Crippen molar-refractivity contribution in [3.05, 3.63) is 105 Å². The van der Waals surface area contributed by atoms with Crippen LogP contribution in [0.15, 0.2) is 71.3 Å². The lowest BCUT2D eigenvalue weighted by Gasteiger charge is -2.12. The molecular formula is C27H16Cl2FN5O2. The Balaban J connectivity index is 1.39. The number of nitrogens with zero attached hydrogens (tertiary/aromatic N) is 5. The number of halogens is 3. The molecule has 5 rings (SSSR count). The Morgan fingerprint density at radius 1 is 1.05 bits per heavy atom. The van der Waals surface area contributed by atoms with E-state index in [1.807, 2.05) is 43.3 Å². The van der Waals surface area contributed by atoms with Crippen molar-refractivity contribution in [3.8, 4) is 40.4 Å². The van der Waals surface area contributed by atoms with Crippen molar-refractivity contribution in [2.45, 2.75) is 13.3 Å². The first-order valence-electron chi connectivity index (χ1n) is 11.0. The van der Waals surface area contributed by atoms with E-state index in [1.54, 1.807) is 6.20 Å². The summed E-state index contributed by atoms with van der Waals surface area (Å²) in [6.45, 7) is 1.82. The van der Waals surface area contributed by atoms with Gasteiger partial charge in [-0.15, -0.1) is 10.2 Å². The number of hydrogen-bond acceptors (Lipinski definition) is 7. The van der Waals surface area contributed by atoms with E-state index in [4.69, 9.17) is 37.6 Å². The van der Waals surface area contributed by atoms with Crippen molar-refractivity contribution in [1.82, 2.24) is 20.2 Å². The van der Waals surface area contributed by atoms with Crippen molar-refractivity contribution in [2.75, 3.05) is 0 Å². The maximum Gasteiger partial charge on any atom is 0.251 e. The van der Waals surface area contributed by atoms with E-state index in [0.29, 0.717) is 17.1 Å². The molecule has 3 aromatic carbocycles. The smallest absolute Gasteiger partial charge is 0.251 e.